The minimum Gasteiger partial charge on any atom is -0.481 e. The molecule has 0 saturated heterocycles. The molecule has 1 rings (SSSR count). The van der Waals surface area contributed by atoms with Crippen molar-refractivity contribution >= 4 is 5.97 Å². The van der Waals surface area contributed by atoms with E-state index < -0.39 is 17.7 Å². The number of hydrogen-bond acceptors (Lipinski definition) is 1. The second kappa shape index (κ2) is 4.22. The molecule has 0 heterocycles. The number of aliphatic carboxylic acids is 1. The van der Waals surface area contributed by atoms with Crippen LogP contribution in [-0.2, 0) is 4.79 Å². The largest absolute Gasteiger partial charge is 0.481 e. The molecule has 2 nitrogen and oxygen atoms in total. The van der Waals surface area contributed by atoms with Gasteiger partial charge >= 0.3 is 5.97 Å². The molecule has 1 aromatic rings. The fourth-order valence-electron chi connectivity index (χ4n) is 1.51. The zero-order valence-electron chi connectivity index (χ0n) is 8.20. The van der Waals surface area contributed by atoms with Gasteiger partial charge in [-0.3, -0.25) is 4.79 Å². The zero-order valence-corrected chi connectivity index (χ0v) is 8.20. The molecule has 0 aliphatic heterocycles. The van der Waals surface area contributed by atoms with Crippen LogP contribution in [0.25, 0.3) is 0 Å². The Morgan fingerprint density at radius 1 is 1.43 bits per heavy atom. The lowest BCUT2D eigenvalue weighted by molar-refractivity contribution is -0.139. The predicted octanol–water partition coefficient (Wildman–Crippen LogP) is 2.65. The molecule has 0 amide bonds. The fourth-order valence-corrected chi connectivity index (χ4v) is 1.51. The van der Waals surface area contributed by atoms with Gasteiger partial charge in [-0.25, -0.2) is 4.39 Å². The normalized spacial score (nSPS) is 12.9. The lowest BCUT2D eigenvalue weighted by atomic mass is 9.88. The topological polar surface area (TPSA) is 37.3 Å². The van der Waals surface area contributed by atoms with Gasteiger partial charge < -0.3 is 5.11 Å². The zero-order chi connectivity index (χ0) is 10.7. The van der Waals surface area contributed by atoms with Crippen LogP contribution in [0.4, 0.5) is 4.39 Å². The van der Waals surface area contributed by atoms with Gasteiger partial charge in [-0.1, -0.05) is 26.0 Å². The molecule has 76 valence electrons. The van der Waals surface area contributed by atoms with Crippen molar-refractivity contribution in [2.24, 2.45) is 5.92 Å². The second-order valence-electron chi connectivity index (χ2n) is 3.61. The minimum atomic E-state index is -0.911. The summed E-state index contributed by atoms with van der Waals surface area (Å²) in [5, 5.41) is 8.97. The molecule has 0 unspecified atom stereocenters. The molecule has 1 N–H and O–H groups in total. The Morgan fingerprint density at radius 3 is 2.50 bits per heavy atom. The van der Waals surface area contributed by atoms with Crippen molar-refractivity contribution < 1.29 is 14.3 Å². The maximum absolute atomic E-state index is 12.9. The molecule has 0 aliphatic carbocycles. The number of carbonyl (C=O) groups is 1. The molecule has 0 radical (unpaired) electrons. The summed E-state index contributed by atoms with van der Waals surface area (Å²) < 4.78 is 12.9. The van der Waals surface area contributed by atoms with Crippen molar-refractivity contribution in [2.45, 2.75) is 19.8 Å². The van der Waals surface area contributed by atoms with E-state index in [1.807, 2.05) is 13.8 Å². The lowest BCUT2D eigenvalue weighted by Gasteiger charge is -2.16. The van der Waals surface area contributed by atoms with Crippen LogP contribution in [0.3, 0.4) is 0 Å². The van der Waals surface area contributed by atoms with Gasteiger partial charge in [0.1, 0.15) is 5.82 Å². The van der Waals surface area contributed by atoms with Crippen molar-refractivity contribution in [1.29, 1.82) is 0 Å². The van der Waals surface area contributed by atoms with Crippen LogP contribution in [-0.4, -0.2) is 11.1 Å². The summed E-state index contributed by atoms with van der Waals surface area (Å²) in [6.45, 7) is 3.62. The van der Waals surface area contributed by atoms with Crippen molar-refractivity contribution in [2.75, 3.05) is 0 Å². The van der Waals surface area contributed by atoms with Gasteiger partial charge in [0.2, 0.25) is 0 Å². The molecule has 1 aromatic carbocycles. The molecule has 0 spiro atoms. The monoisotopic (exact) mass is 196 g/mol. The van der Waals surface area contributed by atoms with Crippen LogP contribution in [0.5, 0.6) is 0 Å². The van der Waals surface area contributed by atoms with E-state index in [9.17, 15) is 9.18 Å². The Morgan fingerprint density at radius 2 is 2.07 bits per heavy atom. The number of rotatable bonds is 3. The van der Waals surface area contributed by atoms with Crippen molar-refractivity contribution in [3.05, 3.63) is 35.6 Å². The summed E-state index contributed by atoms with van der Waals surface area (Å²) >= 11 is 0. The van der Waals surface area contributed by atoms with Crippen LogP contribution in [0.1, 0.15) is 25.3 Å². The Bertz CT molecular complexity index is 334. The first-order valence-corrected chi connectivity index (χ1v) is 4.50. The smallest absolute Gasteiger partial charge is 0.311 e. The Balaban J connectivity index is 3.05. The van der Waals surface area contributed by atoms with E-state index in [-0.39, 0.29) is 5.92 Å². The third-order valence-corrected chi connectivity index (χ3v) is 2.14. The Labute approximate surface area is 82.4 Å². The Hall–Kier alpha value is -1.38. The van der Waals surface area contributed by atoms with Crippen LogP contribution >= 0.6 is 0 Å². The first-order chi connectivity index (χ1) is 6.52. The van der Waals surface area contributed by atoms with E-state index in [0.29, 0.717) is 5.56 Å². The highest BCUT2D eigenvalue weighted by atomic mass is 19.1. The van der Waals surface area contributed by atoms with Crippen LogP contribution in [0, 0.1) is 11.7 Å². The maximum atomic E-state index is 12.9. The lowest BCUT2D eigenvalue weighted by Crippen LogP contribution is -2.17. The third-order valence-electron chi connectivity index (χ3n) is 2.14. The van der Waals surface area contributed by atoms with E-state index in [0.717, 1.165) is 0 Å². The van der Waals surface area contributed by atoms with E-state index in [2.05, 4.69) is 0 Å². The SMILES string of the molecule is CC(C)[C@@H](C(=O)O)c1cccc(F)c1. The van der Waals surface area contributed by atoms with Crippen molar-refractivity contribution in [3.8, 4) is 0 Å². The Kier molecular flexibility index (Phi) is 3.23. The van der Waals surface area contributed by atoms with Gasteiger partial charge in [-0.15, -0.1) is 0 Å². The molecular formula is C11H13FO2. The predicted molar refractivity (Wildman–Crippen MR) is 51.6 cm³/mol. The number of benzene rings is 1. The van der Waals surface area contributed by atoms with E-state index >= 15 is 0 Å². The summed E-state index contributed by atoms with van der Waals surface area (Å²) in [6.07, 6.45) is 0. The highest BCUT2D eigenvalue weighted by Gasteiger charge is 2.23. The fraction of sp³-hybridized carbons (Fsp3) is 0.364. The van der Waals surface area contributed by atoms with Gasteiger partial charge in [-0.2, -0.15) is 0 Å². The quantitative estimate of drug-likeness (QED) is 0.806. The van der Waals surface area contributed by atoms with Gasteiger partial charge in [0.15, 0.2) is 0 Å². The summed E-state index contributed by atoms with van der Waals surface area (Å²) in [6, 6.07) is 5.76. The van der Waals surface area contributed by atoms with Gasteiger partial charge in [-0.05, 0) is 23.6 Å². The number of carboxylic acids is 1. The van der Waals surface area contributed by atoms with Crippen LogP contribution in [0.15, 0.2) is 24.3 Å². The van der Waals surface area contributed by atoms with Crippen LogP contribution < -0.4 is 0 Å². The molecule has 0 aliphatic rings. The van der Waals surface area contributed by atoms with Crippen LogP contribution in [0.2, 0.25) is 0 Å². The van der Waals surface area contributed by atoms with E-state index in [4.69, 9.17) is 5.11 Å². The molecular weight excluding hydrogens is 183 g/mol. The molecule has 1 atom stereocenters. The summed E-state index contributed by atoms with van der Waals surface area (Å²) in [5.41, 5.74) is 0.521. The van der Waals surface area contributed by atoms with Gasteiger partial charge in [0, 0.05) is 0 Å². The number of carboxylic acid groups (broad SMARTS) is 1. The first-order valence-electron chi connectivity index (χ1n) is 4.50. The molecule has 0 saturated carbocycles. The van der Waals surface area contributed by atoms with Crippen molar-refractivity contribution in [3.63, 3.8) is 0 Å². The standard InChI is InChI=1S/C11H13FO2/c1-7(2)10(11(13)14)8-4-3-5-9(12)6-8/h3-7,10H,1-2H3,(H,13,14)/t10-/m1/s1. The average Bonchev–Trinajstić information content (AvgIpc) is 2.02. The van der Waals surface area contributed by atoms with E-state index in [1.165, 1.54) is 18.2 Å². The third kappa shape index (κ3) is 2.31. The molecule has 0 bridgehead atoms. The average molecular weight is 196 g/mol. The molecule has 3 heteroatoms. The second-order valence-corrected chi connectivity index (χ2v) is 3.61. The highest BCUT2D eigenvalue weighted by molar-refractivity contribution is 5.76. The highest BCUT2D eigenvalue weighted by Crippen LogP contribution is 2.24. The van der Waals surface area contributed by atoms with Gasteiger partial charge in [0.05, 0.1) is 5.92 Å². The number of hydrogen-bond donors (Lipinski definition) is 1. The van der Waals surface area contributed by atoms with Crippen molar-refractivity contribution in [1.82, 2.24) is 0 Å². The van der Waals surface area contributed by atoms with Gasteiger partial charge in [0.25, 0.3) is 0 Å². The minimum absolute atomic E-state index is 0.0469. The molecule has 0 fully saturated rings. The molecule has 14 heavy (non-hydrogen) atoms. The molecule has 0 aromatic heterocycles. The van der Waals surface area contributed by atoms with E-state index in [1.54, 1.807) is 6.07 Å². The first kappa shape index (κ1) is 10.7. The maximum Gasteiger partial charge on any atom is 0.311 e. The summed E-state index contributed by atoms with van der Waals surface area (Å²) in [5.74, 6) is -1.99. The number of halogens is 1. The summed E-state index contributed by atoms with van der Waals surface area (Å²) in [7, 11) is 0. The summed E-state index contributed by atoms with van der Waals surface area (Å²) in [4.78, 5) is 10.9.